The summed E-state index contributed by atoms with van der Waals surface area (Å²) in [5, 5.41) is 0.902. The van der Waals surface area contributed by atoms with E-state index in [4.69, 9.17) is 27.9 Å². The fourth-order valence-corrected chi connectivity index (χ4v) is 4.23. The van der Waals surface area contributed by atoms with Crippen molar-refractivity contribution in [2.45, 2.75) is 25.3 Å². The fourth-order valence-electron chi connectivity index (χ4n) is 3.75. The Balaban J connectivity index is 0.00000324. The maximum Gasteiger partial charge on any atom is 0.172 e. The highest BCUT2D eigenvalue weighted by Gasteiger charge is 2.16. The third-order valence-electron chi connectivity index (χ3n) is 5.45. The summed E-state index contributed by atoms with van der Waals surface area (Å²) >= 11 is 12.3. The summed E-state index contributed by atoms with van der Waals surface area (Å²) in [5.41, 5.74) is 2.02. The maximum absolute atomic E-state index is 13.4. The van der Waals surface area contributed by atoms with Gasteiger partial charge in [-0.25, -0.2) is 13.3 Å². The van der Waals surface area contributed by atoms with Crippen molar-refractivity contribution in [3.63, 3.8) is 0 Å². The molecule has 0 unspecified atom stereocenters. The highest BCUT2D eigenvalue weighted by Crippen LogP contribution is 2.35. The van der Waals surface area contributed by atoms with Gasteiger partial charge in [0.2, 0.25) is 0 Å². The molecule has 7 heteroatoms. The number of para-hydroxylation sites is 1. The molecule has 0 aliphatic heterocycles. The number of aromatic nitrogens is 1. The Bertz CT molecular complexity index is 1140. The lowest BCUT2D eigenvalue weighted by molar-refractivity contribution is -0.697. The molecule has 34 heavy (non-hydrogen) atoms. The Morgan fingerprint density at radius 3 is 1.74 bits per heavy atom. The monoisotopic (exact) mass is 611 g/mol. The van der Waals surface area contributed by atoms with Gasteiger partial charge in [0.15, 0.2) is 18.1 Å². The predicted octanol–water partition coefficient (Wildman–Crippen LogP) is 4.97. The number of hydrogen-bond donors (Lipinski definition) is 0. The fraction of sp³-hybridized carbons (Fsp3) is 0.148. The van der Waals surface area contributed by atoms with Gasteiger partial charge in [-0.15, -0.1) is 0 Å². The zero-order chi connectivity index (χ0) is 23.2. The molecule has 0 amide bonds. The molecule has 0 bridgehead atoms. The maximum atomic E-state index is 13.4. The quantitative estimate of drug-likeness (QED) is 0.203. The third-order valence-corrected chi connectivity index (χ3v) is 6.05. The minimum absolute atomic E-state index is 0. The Hall–Kier alpha value is -2.22. The van der Waals surface area contributed by atoms with Gasteiger partial charge >= 0.3 is 0 Å². The molecule has 0 saturated carbocycles. The molecule has 0 saturated heterocycles. The number of ether oxygens (including phenoxy) is 1. The zero-order valence-electron chi connectivity index (χ0n) is 18.1. The van der Waals surface area contributed by atoms with Crippen molar-refractivity contribution in [2.75, 3.05) is 0 Å². The SMILES string of the molecule is Fc1ccc(C(CCC[n+]2ccc(Oc3c(Cl)cccc3Cl)cc2)c2ccc(F)cc2)cc1.[I-]. The van der Waals surface area contributed by atoms with Crippen LogP contribution in [-0.2, 0) is 6.54 Å². The van der Waals surface area contributed by atoms with Gasteiger partial charge in [0, 0.05) is 24.5 Å². The average molecular weight is 612 g/mol. The normalized spacial score (nSPS) is 10.7. The molecule has 0 atom stereocenters. The van der Waals surface area contributed by atoms with Gasteiger partial charge in [-0.1, -0.05) is 53.5 Å². The summed E-state index contributed by atoms with van der Waals surface area (Å²) in [6.07, 6.45) is 5.58. The first-order chi connectivity index (χ1) is 16.0. The summed E-state index contributed by atoms with van der Waals surface area (Å²) in [6.45, 7) is 0.784. The van der Waals surface area contributed by atoms with Crippen LogP contribution in [0, 0.1) is 11.6 Å². The van der Waals surface area contributed by atoms with Crippen LogP contribution in [0.15, 0.2) is 91.3 Å². The van der Waals surface area contributed by atoms with Gasteiger partial charge < -0.3 is 28.7 Å². The van der Waals surface area contributed by atoms with Crippen LogP contribution in [0.1, 0.15) is 29.9 Å². The van der Waals surface area contributed by atoms with E-state index in [1.54, 1.807) is 42.5 Å². The summed E-state index contributed by atoms with van der Waals surface area (Å²) in [5.74, 6) is 0.577. The Morgan fingerprint density at radius 2 is 1.24 bits per heavy atom. The summed E-state index contributed by atoms with van der Waals surface area (Å²) < 4.78 is 34.7. The zero-order valence-corrected chi connectivity index (χ0v) is 21.8. The molecule has 0 spiro atoms. The van der Waals surface area contributed by atoms with Crippen molar-refractivity contribution >= 4 is 23.2 Å². The van der Waals surface area contributed by atoms with Crippen LogP contribution >= 0.6 is 23.2 Å². The first kappa shape index (κ1) is 26.4. The van der Waals surface area contributed by atoms with Gasteiger partial charge in [-0.2, -0.15) is 0 Å². The van der Waals surface area contributed by atoms with E-state index in [-0.39, 0.29) is 41.5 Å². The van der Waals surface area contributed by atoms with Gasteiger partial charge in [-0.3, -0.25) is 0 Å². The molecule has 0 fully saturated rings. The third kappa shape index (κ3) is 6.90. The molecule has 0 aliphatic carbocycles. The van der Waals surface area contributed by atoms with Gasteiger partial charge in [0.05, 0.1) is 10.0 Å². The summed E-state index contributed by atoms with van der Waals surface area (Å²) in [7, 11) is 0. The van der Waals surface area contributed by atoms with E-state index in [0.29, 0.717) is 21.5 Å². The van der Waals surface area contributed by atoms with Crippen LogP contribution in [0.5, 0.6) is 11.5 Å². The first-order valence-corrected chi connectivity index (χ1v) is 11.4. The Kier molecular flexibility index (Phi) is 9.68. The molecule has 0 aliphatic rings. The van der Waals surface area contributed by atoms with E-state index in [2.05, 4.69) is 4.57 Å². The van der Waals surface area contributed by atoms with E-state index >= 15 is 0 Å². The highest BCUT2D eigenvalue weighted by atomic mass is 127. The van der Waals surface area contributed by atoms with E-state index in [0.717, 1.165) is 30.5 Å². The van der Waals surface area contributed by atoms with Crippen molar-refractivity contribution in [1.82, 2.24) is 0 Å². The molecule has 3 aromatic carbocycles. The first-order valence-electron chi connectivity index (χ1n) is 10.6. The second kappa shape index (κ2) is 12.5. The number of aryl methyl sites for hydroxylation is 1. The molecular weight excluding hydrogens is 590 g/mol. The molecule has 2 nitrogen and oxygen atoms in total. The standard InChI is InChI=1S/C27H22Cl2F2NO.HI/c28-25-4-1-5-26(29)27(25)33-23-14-17-32(18-15-23)16-2-3-24(19-6-10-21(30)11-7-19)20-8-12-22(31)13-9-20;/h1,4-15,17-18,24H,2-3,16H2;1H/q+1;/p-1. The van der Waals surface area contributed by atoms with E-state index in [1.165, 1.54) is 24.3 Å². The minimum Gasteiger partial charge on any atom is -1.00 e. The number of nitrogens with zero attached hydrogens (tertiary/aromatic N) is 1. The smallest absolute Gasteiger partial charge is 0.172 e. The number of halogens is 5. The number of benzene rings is 3. The van der Waals surface area contributed by atoms with Crippen LogP contribution < -0.4 is 33.3 Å². The van der Waals surface area contributed by atoms with Crippen molar-refractivity contribution in [3.8, 4) is 11.5 Å². The lowest BCUT2D eigenvalue weighted by atomic mass is 9.87. The van der Waals surface area contributed by atoms with Crippen LogP contribution in [0.2, 0.25) is 10.0 Å². The summed E-state index contributed by atoms with van der Waals surface area (Å²) in [4.78, 5) is 0. The molecule has 1 heterocycles. The van der Waals surface area contributed by atoms with Crippen LogP contribution in [0.3, 0.4) is 0 Å². The molecule has 0 N–H and O–H groups in total. The van der Waals surface area contributed by atoms with Crippen LogP contribution in [-0.4, -0.2) is 0 Å². The van der Waals surface area contributed by atoms with E-state index in [9.17, 15) is 8.78 Å². The molecule has 0 radical (unpaired) electrons. The van der Waals surface area contributed by atoms with Crippen molar-refractivity contribution in [1.29, 1.82) is 0 Å². The minimum atomic E-state index is -0.271. The van der Waals surface area contributed by atoms with Gasteiger partial charge in [0.25, 0.3) is 0 Å². The van der Waals surface area contributed by atoms with Crippen molar-refractivity contribution < 1.29 is 42.1 Å². The highest BCUT2D eigenvalue weighted by molar-refractivity contribution is 6.37. The average Bonchev–Trinajstić information content (AvgIpc) is 2.82. The Labute approximate surface area is 225 Å². The predicted molar refractivity (Wildman–Crippen MR) is 127 cm³/mol. The van der Waals surface area contributed by atoms with E-state index < -0.39 is 0 Å². The second-order valence-electron chi connectivity index (χ2n) is 7.72. The van der Waals surface area contributed by atoms with Gasteiger partial charge in [0.1, 0.15) is 23.9 Å². The second-order valence-corrected chi connectivity index (χ2v) is 8.54. The molecule has 1 aromatic heterocycles. The lowest BCUT2D eigenvalue weighted by Gasteiger charge is -2.17. The molecule has 4 aromatic rings. The van der Waals surface area contributed by atoms with Crippen molar-refractivity contribution in [2.24, 2.45) is 0 Å². The van der Waals surface area contributed by atoms with Crippen LogP contribution in [0.25, 0.3) is 0 Å². The molecule has 176 valence electrons. The lowest BCUT2D eigenvalue weighted by Crippen LogP contribution is -3.00. The number of rotatable bonds is 8. The molecular formula is C27H22Cl2F2INO. The topological polar surface area (TPSA) is 13.1 Å². The van der Waals surface area contributed by atoms with Crippen LogP contribution in [0.4, 0.5) is 8.78 Å². The number of hydrogen-bond acceptors (Lipinski definition) is 1. The summed E-state index contributed by atoms with van der Waals surface area (Å²) in [6, 6.07) is 22.0. The largest absolute Gasteiger partial charge is 1.00 e. The van der Waals surface area contributed by atoms with Gasteiger partial charge in [-0.05, 0) is 53.9 Å². The van der Waals surface area contributed by atoms with E-state index in [1.807, 2.05) is 24.5 Å². The van der Waals surface area contributed by atoms with Crippen molar-refractivity contribution in [3.05, 3.63) is 124 Å². The molecule has 4 rings (SSSR count). The Morgan fingerprint density at radius 1 is 0.735 bits per heavy atom. The number of pyridine rings is 1.